The summed E-state index contributed by atoms with van der Waals surface area (Å²) >= 11 is 0. The van der Waals surface area contributed by atoms with Crippen molar-refractivity contribution in [2.75, 3.05) is 31.5 Å². The first-order valence-electron chi connectivity index (χ1n) is 13.4. The average molecular weight is 470 g/mol. The summed E-state index contributed by atoms with van der Waals surface area (Å²) in [5.74, 6) is 2.38. The molecule has 5 aliphatic carbocycles. The van der Waals surface area contributed by atoms with Gasteiger partial charge in [-0.1, -0.05) is 0 Å². The molecule has 1 aromatic heterocycles. The number of hydrogen-bond donors (Lipinski definition) is 3. The zero-order valence-corrected chi connectivity index (χ0v) is 20.5. The molecule has 8 nitrogen and oxygen atoms in total. The van der Waals surface area contributed by atoms with Crippen molar-refractivity contribution in [1.82, 2.24) is 20.2 Å². The lowest BCUT2D eigenvalue weighted by Gasteiger charge is -2.58. The molecule has 186 valence electrons. The van der Waals surface area contributed by atoms with Crippen LogP contribution in [0, 0.1) is 17.8 Å². The van der Waals surface area contributed by atoms with E-state index in [-0.39, 0.29) is 24.2 Å². The maximum atomic E-state index is 13.4. The van der Waals surface area contributed by atoms with E-state index in [0.29, 0.717) is 35.2 Å². The summed E-state index contributed by atoms with van der Waals surface area (Å²) in [6.07, 6.45) is 9.32. The Labute approximate surface area is 202 Å². The monoisotopic (exact) mass is 469 g/mol. The third-order valence-corrected chi connectivity index (χ3v) is 8.77. The summed E-state index contributed by atoms with van der Waals surface area (Å²) < 4.78 is 5.82. The molecule has 6 fully saturated rings. The van der Waals surface area contributed by atoms with Crippen LogP contribution in [0.2, 0.25) is 0 Å². The maximum absolute atomic E-state index is 13.4. The van der Waals surface area contributed by atoms with Gasteiger partial charge in [0.05, 0.1) is 29.1 Å². The number of morpholine rings is 1. The van der Waals surface area contributed by atoms with E-state index in [1.807, 2.05) is 0 Å². The summed E-state index contributed by atoms with van der Waals surface area (Å²) in [4.78, 5) is 25.1. The van der Waals surface area contributed by atoms with Crippen molar-refractivity contribution in [3.05, 3.63) is 17.5 Å². The van der Waals surface area contributed by atoms with Gasteiger partial charge in [-0.15, -0.1) is 0 Å². The minimum absolute atomic E-state index is 0.0331. The average Bonchev–Trinajstić information content (AvgIpc) is 3.60. The van der Waals surface area contributed by atoms with E-state index in [1.165, 1.54) is 0 Å². The van der Waals surface area contributed by atoms with Gasteiger partial charge in [0.2, 0.25) is 5.95 Å². The molecule has 1 saturated heterocycles. The molecule has 7 rings (SSSR count). The molecule has 2 unspecified atom stereocenters. The van der Waals surface area contributed by atoms with Crippen molar-refractivity contribution in [1.29, 1.82) is 0 Å². The molecule has 6 aliphatic rings. The number of amides is 1. The Bertz CT molecular complexity index is 911. The van der Waals surface area contributed by atoms with Crippen molar-refractivity contribution in [3.8, 4) is 0 Å². The molecule has 0 spiro atoms. The number of rotatable bonds is 7. The van der Waals surface area contributed by atoms with Gasteiger partial charge in [0.1, 0.15) is 0 Å². The normalized spacial score (nSPS) is 39.3. The van der Waals surface area contributed by atoms with Crippen LogP contribution in [-0.2, 0) is 4.74 Å². The molecule has 0 radical (unpaired) electrons. The van der Waals surface area contributed by atoms with Gasteiger partial charge >= 0.3 is 0 Å². The first-order chi connectivity index (χ1) is 16.3. The van der Waals surface area contributed by atoms with Crippen molar-refractivity contribution < 1.29 is 14.6 Å². The first-order valence-corrected chi connectivity index (χ1v) is 13.4. The second-order valence-corrected chi connectivity index (χ2v) is 11.9. The number of ether oxygens (including phenoxy) is 1. The number of hydrogen-bond acceptors (Lipinski definition) is 7. The molecule has 1 aromatic rings. The summed E-state index contributed by atoms with van der Waals surface area (Å²) in [6.45, 7) is 7.82. The van der Waals surface area contributed by atoms with E-state index in [0.717, 1.165) is 76.8 Å². The minimum Gasteiger partial charge on any atom is -0.390 e. The third-order valence-electron chi connectivity index (χ3n) is 8.77. The van der Waals surface area contributed by atoms with Crippen LogP contribution >= 0.6 is 0 Å². The lowest BCUT2D eigenvalue weighted by Crippen LogP contribution is -2.61. The Kier molecular flexibility index (Phi) is 5.81. The van der Waals surface area contributed by atoms with E-state index in [4.69, 9.17) is 9.72 Å². The summed E-state index contributed by atoms with van der Waals surface area (Å²) in [5.41, 5.74) is 1.05. The molecule has 4 bridgehead atoms. The lowest BCUT2D eigenvalue weighted by molar-refractivity contribution is -0.136. The third kappa shape index (κ3) is 4.56. The minimum atomic E-state index is -0.482. The smallest absolute Gasteiger partial charge is 0.254 e. The van der Waals surface area contributed by atoms with Crippen molar-refractivity contribution in [2.24, 2.45) is 17.8 Å². The molecule has 8 heteroatoms. The van der Waals surface area contributed by atoms with Gasteiger partial charge < -0.3 is 20.5 Å². The van der Waals surface area contributed by atoms with Gasteiger partial charge in [0.25, 0.3) is 5.91 Å². The zero-order chi connectivity index (χ0) is 23.4. The van der Waals surface area contributed by atoms with E-state index in [9.17, 15) is 9.90 Å². The van der Waals surface area contributed by atoms with Crippen LogP contribution in [0.4, 0.5) is 5.95 Å². The van der Waals surface area contributed by atoms with E-state index >= 15 is 0 Å². The van der Waals surface area contributed by atoms with Gasteiger partial charge in [-0.2, -0.15) is 0 Å². The SMILES string of the molecule is C[C@@H]1CN(CCNc2ncc(C(=O)N[C@H]3C4CC5CC3C[C@@](O)(C5)C4)c(C3CC3)n2)C[C@H](C)O1. The molecular weight excluding hydrogens is 430 g/mol. The van der Waals surface area contributed by atoms with Crippen molar-refractivity contribution >= 4 is 11.9 Å². The Morgan fingerprint density at radius 1 is 1.18 bits per heavy atom. The number of nitrogens with zero attached hydrogens (tertiary/aromatic N) is 3. The quantitative estimate of drug-likeness (QED) is 0.564. The Morgan fingerprint density at radius 3 is 2.53 bits per heavy atom. The zero-order valence-electron chi connectivity index (χ0n) is 20.5. The fraction of sp³-hybridized carbons (Fsp3) is 0.808. The second-order valence-electron chi connectivity index (χ2n) is 11.9. The highest BCUT2D eigenvalue weighted by Gasteiger charge is 2.55. The highest BCUT2D eigenvalue weighted by molar-refractivity contribution is 5.95. The number of aliphatic hydroxyl groups is 1. The van der Waals surface area contributed by atoms with Crippen LogP contribution in [0.3, 0.4) is 0 Å². The fourth-order valence-electron chi connectivity index (χ4n) is 7.56. The highest BCUT2D eigenvalue weighted by Crippen LogP contribution is 2.55. The molecule has 3 N–H and O–H groups in total. The Balaban J connectivity index is 1.09. The van der Waals surface area contributed by atoms with Crippen molar-refractivity contribution in [2.45, 2.75) is 88.6 Å². The predicted molar refractivity (Wildman–Crippen MR) is 129 cm³/mol. The van der Waals surface area contributed by atoms with Gasteiger partial charge in [-0.05, 0) is 76.5 Å². The van der Waals surface area contributed by atoms with Gasteiger partial charge in [-0.25, -0.2) is 9.97 Å². The largest absolute Gasteiger partial charge is 0.390 e. The van der Waals surface area contributed by atoms with Crippen LogP contribution in [0.1, 0.15) is 80.8 Å². The van der Waals surface area contributed by atoms with Gasteiger partial charge in [0.15, 0.2) is 0 Å². The number of nitrogens with one attached hydrogen (secondary N) is 2. The van der Waals surface area contributed by atoms with Crippen LogP contribution in [0.25, 0.3) is 0 Å². The van der Waals surface area contributed by atoms with Crippen LogP contribution in [0.15, 0.2) is 6.20 Å². The summed E-state index contributed by atoms with van der Waals surface area (Å²) in [5, 5.41) is 17.6. The van der Waals surface area contributed by atoms with E-state index < -0.39 is 5.60 Å². The van der Waals surface area contributed by atoms with Gasteiger partial charge in [-0.3, -0.25) is 9.69 Å². The van der Waals surface area contributed by atoms with Gasteiger partial charge in [0, 0.05) is 44.3 Å². The second kappa shape index (κ2) is 8.71. The molecule has 5 saturated carbocycles. The fourth-order valence-corrected chi connectivity index (χ4v) is 7.56. The van der Waals surface area contributed by atoms with Crippen LogP contribution in [-0.4, -0.2) is 75.9 Å². The standard InChI is InChI=1S/C26H39N5O3/c1-15-13-31(14-16(2)34-15)6-5-27-25-28-12-21(23(30-25)18-3-4-18)24(32)29-22-19-7-17-8-20(22)11-26(33,9-17)10-19/h12,15-20,22,33H,3-11,13-14H2,1-2H3,(H,29,32)(H,27,28,30)/t15-,16+,17?,19?,20?,22-,26+. The molecule has 0 aromatic carbocycles. The number of carbonyl (C=O) groups excluding carboxylic acids is 1. The first kappa shape index (κ1) is 22.7. The Hall–Kier alpha value is -1.77. The lowest BCUT2D eigenvalue weighted by atomic mass is 9.52. The molecule has 1 aliphatic heterocycles. The summed E-state index contributed by atoms with van der Waals surface area (Å²) in [6, 6.07) is 0.174. The van der Waals surface area contributed by atoms with Crippen LogP contribution < -0.4 is 10.6 Å². The Morgan fingerprint density at radius 2 is 1.88 bits per heavy atom. The van der Waals surface area contributed by atoms with E-state index in [1.54, 1.807) is 6.20 Å². The van der Waals surface area contributed by atoms with Crippen LogP contribution in [0.5, 0.6) is 0 Å². The highest BCUT2D eigenvalue weighted by atomic mass is 16.5. The molecule has 1 amide bonds. The molecular formula is C26H39N5O3. The van der Waals surface area contributed by atoms with Crippen molar-refractivity contribution in [3.63, 3.8) is 0 Å². The van der Waals surface area contributed by atoms with E-state index in [2.05, 4.69) is 34.4 Å². The maximum Gasteiger partial charge on any atom is 0.254 e. The predicted octanol–water partition coefficient (Wildman–Crippen LogP) is 2.54. The number of aromatic nitrogens is 2. The topological polar surface area (TPSA) is 99.6 Å². The molecule has 34 heavy (non-hydrogen) atoms. The summed E-state index contributed by atoms with van der Waals surface area (Å²) in [7, 11) is 0. The number of anilines is 1. The molecule has 4 atom stereocenters. The molecule has 2 heterocycles. The number of carbonyl (C=O) groups is 1.